The molecular formula is C13H22N2O2. The van der Waals surface area contributed by atoms with Crippen molar-refractivity contribution in [2.45, 2.75) is 44.6 Å². The van der Waals surface area contributed by atoms with Crippen LogP contribution in [0.5, 0.6) is 0 Å². The minimum atomic E-state index is 0.252. The van der Waals surface area contributed by atoms with Crippen molar-refractivity contribution in [3.63, 3.8) is 0 Å². The summed E-state index contributed by atoms with van der Waals surface area (Å²) >= 11 is 0. The molecule has 17 heavy (non-hydrogen) atoms. The van der Waals surface area contributed by atoms with E-state index in [0.717, 1.165) is 38.8 Å². The third-order valence-electron chi connectivity index (χ3n) is 3.98. The summed E-state index contributed by atoms with van der Waals surface area (Å²) in [5.41, 5.74) is 0. The Morgan fingerprint density at radius 2 is 1.88 bits per heavy atom. The van der Waals surface area contributed by atoms with Crippen molar-refractivity contribution >= 4 is 11.7 Å². The summed E-state index contributed by atoms with van der Waals surface area (Å²) in [5, 5.41) is 0. The van der Waals surface area contributed by atoms with Gasteiger partial charge in [-0.25, -0.2) is 0 Å². The first-order valence-electron chi connectivity index (χ1n) is 6.66. The molecule has 1 aliphatic heterocycles. The molecule has 4 heteroatoms. The number of rotatable bonds is 3. The highest BCUT2D eigenvalue weighted by molar-refractivity contribution is 5.80. The maximum absolute atomic E-state index is 12.0. The van der Waals surface area contributed by atoms with E-state index in [-0.39, 0.29) is 5.91 Å². The highest BCUT2D eigenvalue weighted by Gasteiger charge is 2.25. The fourth-order valence-corrected chi connectivity index (χ4v) is 2.77. The molecule has 1 amide bonds. The van der Waals surface area contributed by atoms with Gasteiger partial charge in [0.05, 0.1) is 6.54 Å². The predicted octanol–water partition coefficient (Wildman–Crippen LogP) is 1.05. The molecule has 0 N–H and O–H groups in total. The zero-order valence-corrected chi connectivity index (χ0v) is 10.7. The average molecular weight is 238 g/mol. The molecule has 1 saturated carbocycles. The molecule has 1 heterocycles. The Morgan fingerprint density at radius 3 is 2.47 bits per heavy atom. The van der Waals surface area contributed by atoms with Gasteiger partial charge in [0.25, 0.3) is 0 Å². The number of Topliss-reactive ketones (excluding diaryl/α,β-unsaturated/α-hetero) is 1. The van der Waals surface area contributed by atoms with Gasteiger partial charge in [-0.3, -0.25) is 14.5 Å². The van der Waals surface area contributed by atoms with Crippen molar-refractivity contribution < 1.29 is 9.59 Å². The molecule has 1 saturated heterocycles. The van der Waals surface area contributed by atoms with Gasteiger partial charge in [0.2, 0.25) is 5.91 Å². The van der Waals surface area contributed by atoms with Crippen LogP contribution in [0, 0.1) is 0 Å². The van der Waals surface area contributed by atoms with E-state index in [2.05, 4.69) is 4.90 Å². The second kappa shape index (κ2) is 5.63. The first-order valence-corrected chi connectivity index (χ1v) is 6.66. The number of likely N-dealkylation sites (tertiary alicyclic amines) is 1. The topological polar surface area (TPSA) is 40.6 Å². The molecule has 0 aromatic rings. The normalized spacial score (nSPS) is 22.5. The number of carbonyl (C=O) groups is 2. The van der Waals surface area contributed by atoms with Gasteiger partial charge in [0.1, 0.15) is 5.78 Å². The average Bonchev–Trinajstić information content (AvgIpc) is 2.83. The molecule has 2 rings (SSSR count). The zero-order valence-electron chi connectivity index (χ0n) is 10.7. The fourth-order valence-electron chi connectivity index (χ4n) is 2.77. The van der Waals surface area contributed by atoms with Crippen LogP contribution >= 0.6 is 0 Å². The minimum Gasteiger partial charge on any atom is -0.342 e. The Hall–Kier alpha value is -0.900. The molecule has 4 nitrogen and oxygen atoms in total. The Balaban J connectivity index is 1.77. The second-order valence-corrected chi connectivity index (χ2v) is 5.27. The maximum Gasteiger partial charge on any atom is 0.236 e. The van der Waals surface area contributed by atoms with Gasteiger partial charge in [-0.05, 0) is 32.7 Å². The lowest BCUT2D eigenvalue weighted by molar-refractivity contribution is -0.131. The van der Waals surface area contributed by atoms with Gasteiger partial charge >= 0.3 is 0 Å². The Morgan fingerprint density at radius 1 is 1.29 bits per heavy atom. The molecule has 0 radical (unpaired) electrons. The van der Waals surface area contributed by atoms with Crippen LogP contribution < -0.4 is 0 Å². The van der Waals surface area contributed by atoms with Crippen LogP contribution in [0.3, 0.4) is 0 Å². The Bertz CT molecular complexity index is 288. The van der Waals surface area contributed by atoms with Crippen molar-refractivity contribution in [1.29, 1.82) is 0 Å². The number of likely N-dealkylation sites (N-methyl/N-ethyl adjacent to an activating group) is 1. The lowest BCUT2D eigenvalue weighted by atomic mass is 9.93. The monoisotopic (exact) mass is 238 g/mol. The molecule has 1 aliphatic carbocycles. The van der Waals surface area contributed by atoms with Crippen molar-refractivity contribution in [2.75, 3.05) is 26.7 Å². The summed E-state index contributed by atoms with van der Waals surface area (Å²) in [4.78, 5) is 27.2. The van der Waals surface area contributed by atoms with Gasteiger partial charge in [-0.15, -0.1) is 0 Å². The summed E-state index contributed by atoms with van der Waals surface area (Å²) in [6, 6.07) is 0.416. The number of amides is 1. The molecule has 2 aliphatic rings. The summed E-state index contributed by atoms with van der Waals surface area (Å²) in [7, 11) is 2.01. The quantitative estimate of drug-likeness (QED) is 0.738. The molecule has 0 bridgehead atoms. The predicted molar refractivity (Wildman–Crippen MR) is 65.7 cm³/mol. The number of nitrogens with zero attached hydrogens (tertiary/aromatic N) is 2. The van der Waals surface area contributed by atoms with Crippen molar-refractivity contribution in [3.05, 3.63) is 0 Å². The lowest BCUT2D eigenvalue weighted by Gasteiger charge is -2.31. The van der Waals surface area contributed by atoms with Gasteiger partial charge in [-0.2, -0.15) is 0 Å². The molecule has 2 fully saturated rings. The molecule has 0 aromatic carbocycles. The van der Waals surface area contributed by atoms with Gasteiger partial charge in [-0.1, -0.05) is 0 Å². The number of carbonyl (C=O) groups excluding carboxylic acids is 2. The van der Waals surface area contributed by atoms with Crippen LogP contribution in [-0.4, -0.2) is 54.2 Å². The molecular weight excluding hydrogens is 216 g/mol. The lowest BCUT2D eigenvalue weighted by Crippen LogP contribution is -2.43. The third-order valence-corrected chi connectivity index (χ3v) is 3.98. The van der Waals surface area contributed by atoms with E-state index in [9.17, 15) is 9.59 Å². The summed E-state index contributed by atoms with van der Waals surface area (Å²) in [6.07, 6.45) is 5.51. The molecule has 96 valence electrons. The van der Waals surface area contributed by atoms with Gasteiger partial charge in [0, 0.05) is 32.0 Å². The van der Waals surface area contributed by atoms with Crippen LogP contribution in [0.25, 0.3) is 0 Å². The van der Waals surface area contributed by atoms with Gasteiger partial charge in [0.15, 0.2) is 0 Å². The summed E-state index contributed by atoms with van der Waals surface area (Å²) in [6.45, 7) is 2.37. The highest BCUT2D eigenvalue weighted by Crippen LogP contribution is 2.19. The largest absolute Gasteiger partial charge is 0.342 e. The van der Waals surface area contributed by atoms with E-state index >= 15 is 0 Å². The van der Waals surface area contributed by atoms with Crippen molar-refractivity contribution in [2.24, 2.45) is 0 Å². The summed E-state index contributed by atoms with van der Waals surface area (Å²) in [5.74, 6) is 0.627. The summed E-state index contributed by atoms with van der Waals surface area (Å²) < 4.78 is 0. The van der Waals surface area contributed by atoms with Crippen LogP contribution in [0.2, 0.25) is 0 Å². The van der Waals surface area contributed by atoms with E-state index in [1.54, 1.807) is 0 Å². The molecule has 0 spiro atoms. The Kier molecular flexibility index (Phi) is 4.15. The molecule has 0 atom stereocenters. The van der Waals surface area contributed by atoms with Crippen LogP contribution in [0.15, 0.2) is 0 Å². The first-order chi connectivity index (χ1) is 8.16. The number of hydrogen-bond acceptors (Lipinski definition) is 3. The SMILES string of the molecule is CN(CC(=O)N1CCCC1)C1CCC(=O)CC1. The smallest absolute Gasteiger partial charge is 0.236 e. The molecule has 0 unspecified atom stereocenters. The van der Waals surface area contributed by atoms with E-state index in [0.29, 0.717) is 31.2 Å². The Labute approximate surface area is 103 Å². The fraction of sp³-hybridized carbons (Fsp3) is 0.846. The number of ketones is 1. The third kappa shape index (κ3) is 3.28. The maximum atomic E-state index is 12.0. The van der Waals surface area contributed by atoms with Crippen LogP contribution in [0.1, 0.15) is 38.5 Å². The second-order valence-electron chi connectivity index (χ2n) is 5.27. The van der Waals surface area contributed by atoms with E-state index in [4.69, 9.17) is 0 Å². The highest BCUT2D eigenvalue weighted by atomic mass is 16.2. The van der Waals surface area contributed by atoms with E-state index in [1.807, 2.05) is 11.9 Å². The molecule has 0 aromatic heterocycles. The zero-order chi connectivity index (χ0) is 12.3. The van der Waals surface area contributed by atoms with Crippen LogP contribution in [0.4, 0.5) is 0 Å². The van der Waals surface area contributed by atoms with Crippen molar-refractivity contribution in [3.8, 4) is 0 Å². The minimum absolute atomic E-state index is 0.252. The standard InChI is InChI=1S/C13H22N2O2/c1-14(11-4-6-12(16)7-5-11)10-13(17)15-8-2-3-9-15/h11H,2-10H2,1H3. The number of hydrogen-bond donors (Lipinski definition) is 0. The van der Waals surface area contributed by atoms with Crippen LogP contribution in [-0.2, 0) is 9.59 Å². The van der Waals surface area contributed by atoms with Gasteiger partial charge < -0.3 is 4.90 Å². The first kappa shape index (κ1) is 12.6. The van der Waals surface area contributed by atoms with E-state index < -0.39 is 0 Å². The van der Waals surface area contributed by atoms with E-state index in [1.165, 1.54) is 0 Å². The van der Waals surface area contributed by atoms with Crippen molar-refractivity contribution in [1.82, 2.24) is 9.80 Å².